The Morgan fingerprint density at radius 2 is 2.17 bits per heavy atom. The molecule has 0 unspecified atom stereocenters. The quantitative estimate of drug-likeness (QED) is 0.659. The van der Waals surface area contributed by atoms with E-state index in [9.17, 15) is 4.79 Å². The van der Waals surface area contributed by atoms with Gasteiger partial charge in [-0.1, -0.05) is 0 Å². The minimum absolute atomic E-state index is 0.0602. The maximum absolute atomic E-state index is 11.0. The fourth-order valence-corrected chi connectivity index (χ4v) is 3.32. The van der Waals surface area contributed by atoms with E-state index < -0.39 is 0 Å². The summed E-state index contributed by atoms with van der Waals surface area (Å²) in [6.45, 7) is 6.12. The summed E-state index contributed by atoms with van der Waals surface area (Å²) < 4.78 is 1.05. The zero-order chi connectivity index (χ0) is 8.97. The maximum atomic E-state index is 11.0. The molecule has 4 heteroatoms. The molecule has 1 heterocycles. The Morgan fingerprint density at radius 1 is 1.50 bits per heavy atom. The number of carbonyl (C=O) groups is 1. The molecule has 0 bridgehead atoms. The van der Waals surface area contributed by atoms with Crippen molar-refractivity contribution >= 4 is 25.6 Å². The molecule has 3 nitrogen and oxygen atoms in total. The molecule has 68 valence electrons. The van der Waals surface area contributed by atoms with Crippen LogP contribution in [-0.4, -0.2) is 43.6 Å². The van der Waals surface area contributed by atoms with Crippen LogP contribution in [0.2, 0.25) is 5.32 Å². The Bertz CT molecular complexity index is 199. The molecule has 12 heavy (non-hydrogen) atoms. The Balaban J connectivity index is 2.65. The van der Waals surface area contributed by atoms with E-state index >= 15 is 0 Å². The first-order chi connectivity index (χ1) is 5.77. The van der Waals surface area contributed by atoms with Crippen LogP contribution in [0.15, 0.2) is 4.99 Å². The molecule has 0 aromatic carbocycles. The van der Waals surface area contributed by atoms with Gasteiger partial charge in [-0.25, -0.2) is 0 Å². The number of amides is 1. The van der Waals surface area contributed by atoms with Gasteiger partial charge in [0.25, 0.3) is 0 Å². The van der Waals surface area contributed by atoms with Gasteiger partial charge in [0.1, 0.15) is 0 Å². The normalized spacial score (nSPS) is 17.5. The van der Waals surface area contributed by atoms with Crippen molar-refractivity contribution in [2.24, 2.45) is 4.99 Å². The molecular formula is C8H14N2OSe. The zero-order valence-electron chi connectivity index (χ0n) is 7.54. The van der Waals surface area contributed by atoms with Gasteiger partial charge in [0.05, 0.1) is 0 Å². The average molecular weight is 233 g/mol. The van der Waals surface area contributed by atoms with Gasteiger partial charge in [0, 0.05) is 0 Å². The van der Waals surface area contributed by atoms with Crippen molar-refractivity contribution in [2.75, 3.05) is 13.1 Å². The fourth-order valence-electron chi connectivity index (χ4n) is 1.08. The average Bonchev–Trinajstić information content (AvgIpc) is 2.07. The predicted molar refractivity (Wildman–Crippen MR) is 50.5 cm³/mol. The third-order valence-corrected chi connectivity index (χ3v) is 3.93. The summed E-state index contributed by atoms with van der Waals surface area (Å²) in [6, 6.07) is 0. The number of amidine groups is 1. The first kappa shape index (κ1) is 9.75. The topological polar surface area (TPSA) is 32.7 Å². The van der Waals surface area contributed by atoms with Crippen molar-refractivity contribution in [3.05, 3.63) is 0 Å². The van der Waals surface area contributed by atoms with Gasteiger partial charge in [-0.3, -0.25) is 0 Å². The van der Waals surface area contributed by atoms with E-state index in [1.165, 1.54) is 0 Å². The zero-order valence-corrected chi connectivity index (χ0v) is 9.25. The van der Waals surface area contributed by atoms with E-state index in [0.717, 1.165) is 23.1 Å². The number of hydrogen-bond donors (Lipinski definition) is 0. The van der Waals surface area contributed by atoms with Crippen molar-refractivity contribution < 1.29 is 4.79 Å². The monoisotopic (exact) mass is 234 g/mol. The van der Waals surface area contributed by atoms with Gasteiger partial charge in [-0.05, 0) is 0 Å². The van der Waals surface area contributed by atoms with Crippen molar-refractivity contribution in [1.82, 2.24) is 4.90 Å². The summed E-state index contributed by atoms with van der Waals surface area (Å²) in [5.74, 6) is 0.0602. The van der Waals surface area contributed by atoms with Crippen LogP contribution in [0.3, 0.4) is 0 Å². The second-order valence-electron chi connectivity index (χ2n) is 2.56. The van der Waals surface area contributed by atoms with Gasteiger partial charge >= 0.3 is 79.0 Å². The van der Waals surface area contributed by atoms with Gasteiger partial charge < -0.3 is 0 Å². The van der Waals surface area contributed by atoms with E-state index in [4.69, 9.17) is 0 Å². The molecule has 1 aliphatic rings. The van der Waals surface area contributed by atoms with Gasteiger partial charge in [0.15, 0.2) is 0 Å². The second-order valence-corrected chi connectivity index (χ2v) is 4.79. The molecule has 0 fully saturated rings. The Morgan fingerprint density at radius 3 is 2.67 bits per heavy atom. The molecule has 0 saturated carbocycles. The molecular weight excluding hydrogens is 219 g/mol. The van der Waals surface area contributed by atoms with Crippen LogP contribution in [0.1, 0.15) is 20.3 Å². The third-order valence-electron chi connectivity index (χ3n) is 1.80. The van der Waals surface area contributed by atoms with Crippen LogP contribution in [0.25, 0.3) is 0 Å². The summed E-state index contributed by atoms with van der Waals surface area (Å²) in [6.07, 6.45) is 0.658. The van der Waals surface area contributed by atoms with E-state index in [2.05, 4.69) is 23.7 Å². The number of carbonyl (C=O) groups excluding carboxylic acids is 1. The van der Waals surface area contributed by atoms with Crippen LogP contribution in [0, 0.1) is 0 Å². The molecule has 0 aromatic rings. The summed E-state index contributed by atoms with van der Waals surface area (Å²) in [5.41, 5.74) is 0. The van der Waals surface area contributed by atoms with Crippen LogP contribution in [-0.2, 0) is 4.79 Å². The van der Waals surface area contributed by atoms with Crippen molar-refractivity contribution in [2.45, 2.75) is 25.6 Å². The van der Waals surface area contributed by atoms with Crippen molar-refractivity contribution in [3.8, 4) is 0 Å². The van der Waals surface area contributed by atoms with Crippen LogP contribution in [0.5, 0.6) is 0 Å². The third kappa shape index (κ3) is 2.32. The number of nitrogens with zero attached hydrogens (tertiary/aromatic N) is 2. The molecule has 0 spiro atoms. The number of rotatable bonds is 2. The summed E-state index contributed by atoms with van der Waals surface area (Å²) in [5, 5.41) is 1.03. The predicted octanol–water partition coefficient (Wildman–Crippen LogP) is 0.737. The fraction of sp³-hybridized carbons (Fsp3) is 0.750. The van der Waals surface area contributed by atoms with Crippen LogP contribution < -0.4 is 0 Å². The first-order valence-electron chi connectivity index (χ1n) is 4.27. The molecule has 0 saturated heterocycles. The molecule has 0 N–H and O–H groups in total. The number of hydrogen-bond acceptors (Lipinski definition) is 2. The molecule has 1 rings (SSSR count). The Kier molecular flexibility index (Phi) is 3.76. The summed E-state index contributed by atoms with van der Waals surface area (Å²) >= 11 is 0.430. The molecule has 0 atom stereocenters. The Labute approximate surface area is 79.4 Å². The molecule has 0 radical (unpaired) electrons. The summed E-state index contributed by atoms with van der Waals surface area (Å²) in [4.78, 5) is 17.2. The van der Waals surface area contributed by atoms with Crippen molar-refractivity contribution in [1.29, 1.82) is 0 Å². The first-order valence-corrected chi connectivity index (χ1v) is 6.34. The van der Waals surface area contributed by atoms with E-state index in [0.29, 0.717) is 21.4 Å². The molecule has 0 aromatic heterocycles. The molecule has 1 aliphatic heterocycles. The van der Waals surface area contributed by atoms with Gasteiger partial charge in [-0.2, -0.15) is 0 Å². The van der Waals surface area contributed by atoms with E-state index in [-0.39, 0.29) is 5.91 Å². The van der Waals surface area contributed by atoms with Crippen LogP contribution in [0.4, 0.5) is 0 Å². The van der Waals surface area contributed by atoms with Gasteiger partial charge in [-0.15, -0.1) is 0 Å². The second kappa shape index (κ2) is 4.63. The van der Waals surface area contributed by atoms with E-state index in [1.807, 2.05) is 0 Å². The Hall–Kier alpha value is -0.341. The summed E-state index contributed by atoms with van der Waals surface area (Å²) in [7, 11) is 0. The van der Waals surface area contributed by atoms with Crippen molar-refractivity contribution in [3.63, 3.8) is 0 Å². The van der Waals surface area contributed by atoms with E-state index in [1.54, 1.807) is 0 Å². The van der Waals surface area contributed by atoms with Gasteiger partial charge in [0.2, 0.25) is 0 Å². The molecule has 0 aliphatic carbocycles. The van der Waals surface area contributed by atoms with Crippen LogP contribution >= 0.6 is 0 Å². The standard InChI is InChI=1S/C8H14N2OSe/c1-3-10(4-2)8-9-7(11)5-6-12-8/h3-6H2,1-2H3. The number of aliphatic imine (C=N–C) groups is 1. The molecule has 1 amide bonds. The minimum atomic E-state index is 0.0602. The SMILES string of the molecule is CCN(CC)C1=NC(=O)CC[Se]1.